The van der Waals surface area contributed by atoms with Crippen molar-refractivity contribution in [3.63, 3.8) is 0 Å². The Morgan fingerprint density at radius 2 is 1.72 bits per heavy atom. The first kappa shape index (κ1) is 29.2. The van der Waals surface area contributed by atoms with Crippen molar-refractivity contribution >= 4 is 29.0 Å². The van der Waals surface area contributed by atoms with E-state index in [1.54, 1.807) is 18.3 Å². The first-order valence-corrected chi connectivity index (χ1v) is 13.3. The molecular formula is C31H37N5O3. The highest BCUT2D eigenvalue weighted by atomic mass is 16.5. The van der Waals surface area contributed by atoms with Crippen LogP contribution in [0.5, 0.6) is 0 Å². The average molecular weight is 528 g/mol. The number of aryl methyl sites for hydroxylation is 1. The average Bonchev–Trinajstić information content (AvgIpc) is 2.92. The lowest BCUT2D eigenvalue weighted by atomic mass is 10.0. The maximum Gasteiger partial charge on any atom is 0.407 e. The van der Waals surface area contributed by atoms with Crippen molar-refractivity contribution in [1.29, 1.82) is 0 Å². The Morgan fingerprint density at radius 3 is 2.44 bits per heavy atom. The molecule has 39 heavy (non-hydrogen) atoms. The molecule has 4 aromatic rings. The molecule has 2 aromatic heterocycles. The largest absolute Gasteiger partial charge is 0.445 e. The number of nitrogens with one attached hydrogen (secondary N) is 2. The van der Waals surface area contributed by atoms with Crippen molar-refractivity contribution in [2.24, 2.45) is 5.92 Å². The molecule has 0 saturated heterocycles. The lowest BCUT2D eigenvalue weighted by Crippen LogP contribution is -2.23. The SMILES string of the molecule is CC(C)CCCc1ccccc1.CCNC(=O)OCc1cccc(-c2cnc3ccc(NC(C)=O)nc3n2)c1. The van der Waals surface area contributed by atoms with Gasteiger partial charge in [-0.25, -0.2) is 14.8 Å². The highest BCUT2D eigenvalue weighted by molar-refractivity contribution is 5.88. The molecule has 2 aromatic carbocycles. The summed E-state index contributed by atoms with van der Waals surface area (Å²) >= 11 is 0. The highest BCUT2D eigenvalue weighted by Crippen LogP contribution is 2.21. The van der Waals surface area contributed by atoms with Crippen LogP contribution in [0.2, 0.25) is 0 Å². The molecule has 0 fully saturated rings. The zero-order chi connectivity index (χ0) is 28.0. The van der Waals surface area contributed by atoms with Crippen molar-refractivity contribution in [2.45, 2.75) is 53.6 Å². The van der Waals surface area contributed by atoms with E-state index in [1.807, 2.05) is 31.2 Å². The molecule has 0 aliphatic rings. The number of anilines is 1. The van der Waals surface area contributed by atoms with Crippen LogP contribution in [0.3, 0.4) is 0 Å². The number of benzene rings is 2. The molecule has 0 aliphatic carbocycles. The maximum atomic E-state index is 11.4. The van der Waals surface area contributed by atoms with Crippen molar-refractivity contribution < 1.29 is 14.3 Å². The van der Waals surface area contributed by atoms with Crippen LogP contribution in [0, 0.1) is 5.92 Å². The molecule has 0 spiro atoms. The lowest BCUT2D eigenvalue weighted by molar-refractivity contribution is -0.114. The zero-order valence-electron chi connectivity index (χ0n) is 23.1. The standard InChI is InChI=1S/C19H19N5O3.C12H18/c1-3-20-19(26)27-11-13-5-4-6-14(9-13)16-10-21-15-7-8-17(22-12(2)25)24-18(15)23-16;1-11(2)7-6-10-12-8-4-3-5-9-12/h4-10H,3,11H2,1-2H3,(H,20,26)(H,22,23,24,25);3-5,8-9,11H,6-7,10H2,1-2H3. The van der Waals surface area contributed by atoms with Gasteiger partial charge in [-0.2, -0.15) is 0 Å². The molecule has 0 saturated carbocycles. The number of ether oxygens (including phenoxy) is 1. The van der Waals surface area contributed by atoms with Crippen LogP contribution in [-0.2, 0) is 22.6 Å². The quantitative estimate of drug-likeness (QED) is 0.255. The van der Waals surface area contributed by atoms with Crippen molar-refractivity contribution in [3.8, 4) is 11.3 Å². The van der Waals surface area contributed by atoms with Gasteiger partial charge < -0.3 is 15.4 Å². The number of rotatable bonds is 9. The number of aromatic nitrogens is 3. The Bertz CT molecular complexity index is 1360. The normalized spacial score (nSPS) is 10.5. The Balaban J connectivity index is 0.000000293. The minimum Gasteiger partial charge on any atom is -0.445 e. The summed E-state index contributed by atoms with van der Waals surface area (Å²) in [7, 11) is 0. The number of alkyl carbamates (subject to hydrolysis) is 1. The van der Waals surface area contributed by atoms with E-state index < -0.39 is 6.09 Å². The summed E-state index contributed by atoms with van der Waals surface area (Å²) in [6.07, 6.45) is 5.10. The molecule has 8 heteroatoms. The fraction of sp³-hybridized carbons (Fsp3) is 0.323. The topological polar surface area (TPSA) is 106 Å². The van der Waals surface area contributed by atoms with Crippen LogP contribution in [0.1, 0.15) is 51.7 Å². The third kappa shape index (κ3) is 10.2. The van der Waals surface area contributed by atoms with E-state index in [4.69, 9.17) is 4.74 Å². The van der Waals surface area contributed by atoms with Gasteiger partial charge in [0.2, 0.25) is 5.91 Å². The minimum atomic E-state index is -0.455. The van der Waals surface area contributed by atoms with Crippen molar-refractivity contribution in [2.75, 3.05) is 11.9 Å². The minimum absolute atomic E-state index is 0.158. The van der Waals surface area contributed by atoms with Crippen LogP contribution in [0.15, 0.2) is 72.9 Å². The van der Waals surface area contributed by atoms with Crippen LogP contribution in [-0.4, -0.2) is 33.5 Å². The second kappa shape index (κ2) is 15.2. The molecule has 8 nitrogen and oxygen atoms in total. The summed E-state index contributed by atoms with van der Waals surface area (Å²) < 4.78 is 5.14. The number of carbonyl (C=O) groups excluding carboxylic acids is 2. The first-order valence-electron chi connectivity index (χ1n) is 13.3. The van der Waals surface area contributed by atoms with Gasteiger partial charge in [-0.15, -0.1) is 0 Å². The fourth-order valence-corrected chi connectivity index (χ4v) is 3.81. The molecule has 2 heterocycles. The first-order chi connectivity index (χ1) is 18.8. The van der Waals surface area contributed by atoms with E-state index in [2.05, 4.69) is 69.8 Å². The number of fused-ring (bicyclic) bond motifs is 1. The third-order valence-corrected chi connectivity index (χ3v) is 5.71. The number of amides is 2. The summed E-state index contributed by atoms with van der Waals surface area (Å²) in [5.74, 6) is 1.06. The van der Waals surface area contributed by atoms with Crippen LogP contribution >= 0.6 is 0 Å². The molecule has 4 rings (SSSR count). The van der Waals surface area contributed by atoms with E-state index in [-0.39, 0.29) is 12.5 Å². The van der Waals surface area contributed by atoms with E-state index in [1.165, 1.54) is 31.7 Å². The molecule has 0 bridgehead atoms. The van der Waals surface area contributed by atoms with Crippen LogP contribution in [0.4, 0.5) is 10.6 Å². The summed E-state index contributed by atoms with van der Waals surface area (Å²) in [5, 5.41) is 5.21. The Morgan fingerprint density at radius 1 is 0.949 bits per heavy atom. The number of pyridine rings is 1. The highest BCUT2D eigenvalue weighted by Gasteiger charge is 2.08. The van der Waals surface area contributed by atoms with Crippen molar-refractivity contribution in [3.05, 3.63) is 84.1 Å². The summed E-state index contributed by atoms with van der Waals surface area (Å²) in [5.41, 5.74) is 4.83. The summed E-state index contributed by atoms with van der Waals surface area (Å²) in [6.45, 7) is 8.48. The summed E-state index contributed by atoms with van der Waals surface area (Å²) in [4.78, 5) is 35.9. The fourth-order valence-electron chi connectivity index (χ4n) is 3.81. The smallest absolute Gasteiger partial charge is 0.407 e. The predicted molar refractivity (Wildman–Crippen MR) is 155 cm³/mol. The third-order valence-electron chi connectivity index (χ3n) is 5.71. The lowest BCUT2D eigenvalue weighted by Gasteiger charge is -2.08. The molecule has 2 N–H and O–H groups in total. The van der Waals surface area contributed by atoms with Gasteiger partial charge in [0.25, 0.3) is 0 Å². The second-order valence-corrected chi connectivity index (χ2v) is 9.55. The van der Waals surface area contributed by atoms with Crippen LogP contribution in [0.25, 0.3) is 22.4 Å². The molecule has 0 unspecified atom stereocenters. The molecule has 0 aliphatic heterocycles. The van der Waals surface area contributed by atoms with Gasteiger partial charge >= 0.3 is 6.09 Å². The number of hydrogen-bond donors (Lipinski definition) is 2. The Kier molecular flexibility index (Phi) is 11.4. The van der Waals surface area contributed by atoms with Crippen molar-refractivity contribution in [1.82, 2.24) is 20.3 Å². The molecule has 0 atom stereocenters. The zero-order valence-corrected chi connectivity index (χ0v) is 23.1. The molecule has 2 amide bonds. The molecule has 204 valence electrons. The maximum absolute atomic E-state index is 11.4. The predicted octanol–water partition coefficient (Wildman–Crippen LogP) is 6.56. The van der Waals surface area contributed by atoms with Gasteiger partial charge in [0.15, 0.2) is 5.65 Å². The van der Waals surface area contributed by atoms with Gasteiger partial charge in [-0.1, -0.05) is 68.8 Å². The number of carbonyl (C=O) groups is 2. The van der Waals surface area contributed by atoms with Gasteiger partial charge in [-0.05, 0) is 55.0 Å². The number of hydrogen-bond acceptors (Lipinski definition) is 6. The Hall–Kier alpha value is -4.33. The van der Waals surface area contributed by atoms with Gasteiger partial charge in [0.05, 0.1) is 11.9 Å². The Labute approximate surface area is 230 Å². The molecule has 0 radical (unpaired) electrons. The van der Waals surface area contributed by atoms with Gasteiger partial charge in [0, 0.05) is 19.0 Å². The van der Waals surface area contributed by atoms with E-state index in [0.717, 1.165) is 17.0 Å². The summed E-state index contributed by atoms with van der Waals surface area (Å²) in [6, 6.07) is 21.7. The van der Waals surface area contributed by atoms with E-state index >= 15 is 0 Å². The van der Waals surface area contributed by atoms with E-state index in [0.29, 0.717) is 29.2 Å². The monoisotopic (exact) mass is 527 g/mol. The van der Waals surface area contributed by atoms with Crippen LogP contribution < -0.4 is 10.6 Å². The second-order valence-electron chi connectivity index (χ2n) is 9.55. The van der Waals surface area contributed by atoms with E-state index in [9.17, 15) is 9.59 Å². The van der Waals surface area contributed by atoms with Gasteiger partial charge in [0.1, 0.15) is 17.9 Å². The number of nitrogens with zero attached hydrogens (tertiary/aromatic N) is 3. The van der Waals surface area contributed by atoms with Gasteiger partial charge in [-0.3, -0.25) is 9.78 Å². The molecular weight excluding hydrogens is 490 g/mol.